The summed E-state index contributed by atoms with van der Waals surface area (Å²) in [6, 6.07) is -0.445. The van der Waals surface area contributed by atoms with E-state index in [1.54, 1.807) is 0 Å². The number of nitrogens with one attached hydrogen (secondary N) is 1. The van der Waals surface area contributed by atoms with Crippen molar-refractivity contribution in [1.82, 2.24) is 10.4 Å². The molecule has 1 rings (SSSR count). The van der Waals surface area contributed by atoms with E-state index in [0.717, 1.165) is 25.9 Å². The first kappa shape index (κ1) is 12.5. The first-order valence-electron chi connectivity index (χ1n) is 5.72. The van der Waals surface area contributed by atoms with Crippen LogP contribution in [0, 0.1) is 5.41 Å². The van der Waals surface area contributed by atoms with Crippen LogP contribution in [-0.2, 0) is 4.79 Å². The number of carbonyl (C=O) groups excluding carboxylic acids is 1. The van der Waals surface area contributed by atoms with Crippen molar-refractivity contribution in [3.8, 4) is 0 Å². The summed E-state index contributed by atoms with van der Waals surface area (Å²) in [5.41, 5.74) is 8.59. The van der Waals surface area contributed by atoms with Gasteiger partial charge in [0.05, 0.1) is 6.04 Å². The number of nitrogens with two attached hydrogens (primary N) is 1. The number of hydrazine groups is 1. The van der Waals surface area contributed by atoms with Crippen molar-refractivity contribution < 1.29 is 4.79 Å². The van der Waals surface area contributed by atoms with Crippen LogP contribution in [0.1, 0.15) is 40.0 Å². The van der Waals surface area contributed by atoms with Gasteiger partial charge in [-0.2, -0.15) is 0 Å². The Morgan fingerprint density at radius 3 is 2.27 bits per heavy atom. The van der Waals surface area contributed by atoms with Crippen LogP contribution in [0.15, 0.2) is 0 Å². The first-order chi connectivity index (χ1) is 6.91. The molecule has 1 amide bonds. The lowest BCUT2D eigenvalue weighted by Gasteiger charge is -2.31. The number of hydrogen-bond acceptors (Lipinski definition) is 3. The summed E-state index contributed by atoms with van der Waals surface area (Å²) in [4.78, 5) is 11.8. The lowest BCUT2D eigenvalue weighted by Crippen LogP contribution is -2.55. The Labute approximate surface area is 92.2 Å². The van der Waals surface area contributed by atoms with Gasteiger partial charge in [0.2, 0.25) is 0 Å². The number of amides is 1. The predicted octanol–water partition coefficient (Wildman–Crippen LogP) is 0.877. The lowest BCUT2D eigenvalue weighted by molar-refractivity contribution is -0.129. The van der Waals surface area contributed by atoms with Gasteiger partial charge in [0.1, 0.15) is 0 Å². The number of piperidine rings is 1. The Hall–Kier alpha value is -0.610. The topological polar surface area (TPSA) is 58.4 Å². The van der Waals surface area contributed by atoms with Crippen LogP contribution in [0.4, 0.5) is 0 Å². The van der Waals surface area contributed by atoms with Gasteiger partial charge < -0.3 is 5.73 Å². The number of hydrogen-bond donors (Lipinski definition) is 2. The molecule has 0 bridgehead atoms. The van der Waals surface area contributed by atoms with Crippen LogP contribution in [0.25, 0.3) is 0 Å². The van der Waals surface area contributed by atoms with Crippen LogP contribution in [0.3, 0.4) is 0 Å². The highest BCUT2D eigenvalue weighted by Crippen LogP contribution is 2.17. The Morgan fingerprint density at radius 1 is 1.27 bits per heavy atom. The average molecular weight is 213 g/mol. The van der Waals surface area contributed by atoms with Gasteiger partial charge in [-0.05, 0) is 18.3 Å². The summed E-state index contributed by atoms with van der Waals surface area (Å²) in [5, 5.41) is 1.98. The molecule has 0 radical (unpaired) electrons. The molecule has 15 heavy (non-hydrogen) atoms. The fourth-order valence-electron chi connectivity index (χ4n) is 1.62. The van der Waals surface area contributed by atoms with Gasteiger partial charge in [-0.3, -0.25) is 10.2 Å². The smallest absolute Gasteiger partial charge is 0.251 e. The zero-order chi connectivity index (χ0) is 11.5. The van der Waals surface area contributed by atoms with Crippen LogP contribution in [0.5, 0.6) is 0 Å². The monoisotopic (exact) mass is 213 g/mol. The summed E-state index contributed by atoms with van der Waals surface area (Å²) < 4.78 is 0. The summed E-state index contributed by atoms with van der Waals surface area (Å²) in [7, 11) is 0. The van der Waals surface area contributed by atoms with E-state index in [9.17, 15) is 4.79 Å². The molecule has 1 atom stereocenters. The minimum absolute atomic E-state index is 0.0654. The third kappa shape index (κ3) is 3.80. The standard InChI is InChI=1S/C11H23N3O/c1-11(2,3)9(12)10(15)13-14-7-5-4-6-8-14/h9H,4-8,12H2,1-3H3,(H,13,15)/t9-/m0/s1. The normalized spacial score (nSPS) is 21.1. The molecule has 1 heterocycles. The van der Waals surface area contributed by atoms with Crippen molar-refractivity contribution in [3.05, 3.63) is 0 Å². The van der Waals surface area contributed by atoms with Crippen molar-refractivity contribution in [2.75, 3.05) is 13.1 Å². The number of nitrogens with zero attached hydrogens (tertiary/aromatic N) is 1. The maximum Gasteiger partial charge on any atom is 0.251 e. The van der Waals surface area contributed by atoms with Crippen molar-refractivity contribution in [2.45, 2.75) is 46.1 Å². The second-order valence-corrected chi connectivity index (χ2v) is 5.37. The van der Waals surface area contributed by atoms with Crippen LogP contribution in [0.2, 0.25) is 0 Å². The van der Waals surface area contributed by atoms with Crippen molar-refractivity contribution >= 4 is 5.91 Å². The second kappa shape index (κ2) is 4.94. The highest BCUT2D eigenvalue weighted by atomic mass is 16.2. The van der Waals surface area contributed by atoms with Crippen molar-refractivity contribution in [2.24, 2.45) is 11.1 Å². The third-order valence-corrected chi connectivity index (χ3v) is 2.84. The summed E-state index contributed by atoms with van der Waals surface area (Å²) in [5.74, 6) is -0.0654. The molecule has 0 aromatic carbocycles. The van der Waals surface area contributed by atoms with Crippen molar-refractivity contribution in [1.29, 1.82) is 0 Å². The predicted molar refractivity (Wildman–Crippen MR) is 61.0 cm³/mol. The van der Waals surface area contributed by atoms with E-state index in [1.165, 1.54) is 6.42 Å². The van der Waals surface area contributed by atoms with E-state index in [-0.39, 0.29) is 11.3 Å². The molecule has 0 aliphatic carbocycles. The average Bonchev–Trinajstić information content (AvgIpc) is 2.16. The molecular weight excluding hydrogens is 190 g/mol. The lowest BCUT2D eigenvalue weighted by atomic mass is 9.87. The minimum Gasteiger partial charge on any atom is -0.319 e. The third-order valence-electron chi connectivity index (χ3n) is 2.84. The summed E-state index contributed by atoms with van der Waals surface area (Å²) >= 11 is 0. The highest BCUT2D eigenvalue weighted by molar-refractivity contribution is 5.81. The van der Waals surface area contributed by atoms with Gasteiger partial charge in [0.15, 0.2) is 0 Å². The molecule has 0 aromatic rings. The minimum atomic E-state index is -0.445. The zero-order valence-corrected chi connectivity index (χ0v) is 10.0. The molecule has 0 aromatic heterocycles. The largest absolute Gasteiger partial charge is 0.319 e. The highest BCUT2D eigenvalue weighted by Gasteiger charge is 2.28. The van der Waals surface area contributed by atoms with Gasteiger partial charge >= 0.3 is 0 Å². The fourth-order valence-corrected chi connectivity index (χ4v) is 1.62. The van der Waals surface area contributed by atoms with Gasteiger partial charge in [-0.25, -0.2) is 5.01 Å². The van der Waals surface area contributed by atoms with E-state index in [2.05, 4.69) is 5.43 Å². The molecule has 0 spiro atoms. The molecular formula is C11H23N3O. The van der Waals surface area contributed by atoms with E-state index in [4.69, 9.17) is 5.73 Å². The first-order valence-corrected chi connectivity index (χ1v) is 5.72. The van der Waals surface area contributed by atoms with Crippen LogP contribution < -0.4 is 11.2 Å². The van der Waals surface area contributed by atoms with E-state index < -0.39 is 6.04 Å². The van der Waals surface area contributed by atoms with Crippen LogP contribution in [-0.4, -0.2) is 30.0 Å². The Kier molecular flexibility index (Phi) is 4.11. The van der Waals surface area contributed by atoms with Crippen molar-refractivity contribution in [3.63, 3.8) is 0 Å². The van der Waals surface area contributed by atoms with E-state index in [0.29, 0.717) is 0 Å². The molecule has 1 fully saturated rings. The Morgan fingerprint density at radius 2 is 1.80 bits per heavy atom. The molecule has 1 aliphatic rings. The second-order valence-electron chi connectivity index (χ2n) is 5.37. The SMILES string of the molecule is CC(C)(C)[C@@H](N)C(=O)NN1CCCCC1. The molecule has 88 valence electrons. The molecule has 3 N–H and O–H groups in total. The zero-order valence-electron chi connectivity index (χ0n) is 10.0. The van der Waals surface area contributed by atoms with Crippen LogP contribution >= 0.6 is 0 Å². The summed E-state index contributed by atoms with van der Waals surface area (Å²) in [6.45, 7) is 7.83. The molecule has 4 nitrogen and oxygen atoms in total. The maximum atomic E-state index is 11.8. The molecule has 4 heteroatoms. The van der Waals surface area contributed by atoms with E-state index in [1.807, 2.05) is 25.8 Å². The summed E-state index contributed by atoms with van der Waals surface area (Å²) in [6.07, 6.45) is 3.58. The van der Waals surface area contributed by atoms with E-state index >= 15 is 0 Å². The molecule has 0 saturated carbocycles. The van der Waals surface area contributed by atoms with Gasteiger partial charge in [0, 0.05) is 13.1 Å². The maximum absolute atomic E-state index is 11.8. The molecule has 1 aliphatic heterocycles. The van der Waals surface area contributed by atoms with Gasteiger partial charge in [-0.15, -0.1) is 0 Å². The van der Waals surface area contributed by atoms with Gasteiger partial charge in [0.25, 0.3) is 5.91 Å². The number of rotatable bonds is 2. The fraction of sp³-hybridized carbons (Fsp3) is 0.909. The molecule has 0 unspecified atom stereocenters. The quantitative estimate of drug-likeness (QED) is 0.716. The Balaban J connectivity index is 2.40. The molecule has 1 saturated heterocycles. The Bertz CT molecular complexity index is 216. The van der Waals surface area contributed by atoms with Gasteiger partial charge in [-0.1, -0.05) is 27.2 Å². The number of carbonyl (C=O) groups is 1.